The molecule has 0 aromatic heterocycles. The zero-order valence-electron chi connectivity index (χ0n) is 37.5. The fourth-order valence-corrected chi connectivity index (χ4v) is 7.88. The molecular weight excluding hydrogens is 874 g/mol. The average molecular weight is 951 g/mol. The van der Waals surface area contributed by atoms with Crippen molar-refractivity contribution in [2.24, 2.45) is 0 Å². The molecule has 17 nitrogen and oxygen atoms in total. The largest absolute Gasteiger partial charge is 0.472 e. The molecule has 0 spiro atoms. The minimum atomic E-state index is -5.39. The van der Waals surface area contributed by atoms with E-state index < -0.39 is 89.6 Å². The van der Waals surface area contributed by atoms with E-state index in [1.54, 1.807) is 18.2 Å². The van der Waals surface area contributed by atoms with Crippen molar-refractivity contribution in [3.63, 3.8) is 0 Å². The zero-order chi connectivity index (χ0) is 47.6. The molecular formula is C45H76O17P2. The van der Waals surface area contributed by atoms with Crippen molar-refractivity contribution < 1.29 is 82.0 Å². The molecule has 8 N–H and O–H groups in total. The van der Waals surface area contributed by atoms with Gasteiger partial charge in [-0.1, -0.05) is 125 Å². The van der Waals surface area contributed by atoms with E-state index in [4.69, 9.17) is 28.3 Å². The molecule has 368 valence electrons. The Morgan fingerprint density at radius 1 is 0.594 bits per heavy atom. The Labute approximate surface area is 379 Å². The summed E-state index contributed by atoms with van der Waals surface area (Å²) < 4.78 is 49.1. The van der Waals surface area contributed by atoms with Gasteiger partial charge in [-0.3, -0.25) is 23.2 Å². The molecule has 9 atom stereocenters. The van der Waals surface area contributed by atoms with Gasteiger partial charge in [-0.2, -0.15) is 0 Å². The molecule has 0 radical (unpaired) electrons. The first kappa shape index (κ1) is 59.4. The third-order valence-corrected chi connectivity index (χ3v) is 11.4. The lowest BCUT2D eigenvalue weighted by molar-refractivity contribution is -0.216. The standard InChI is InChI=1S/C45H76O17P2/c1-3-5-7-9-11-13-15-17-19-21-23-25-27-30-36(46)31-29-33-39(48)60-37(34-58-38(47)32-28-26-24-22-20-18-16-14-12-10-8-6-4-2)35-59-64(56,57)62-45-42(51)40(49)41(50)44(43(45)52)61-63(53,54)55/h5,7,11,13-14,16-17,19,23,25,27,30,36-37,40-46,49-52H,3-4,6,8-10,12,15,18,20-22,24,26,28-29,31-35H2,1-2H3,(H,56,57)(H2,53,54,55)/b7-5-,13-11-,16-14-,19-17-,25-23-,30-27+/t36?,37-,40?,41?,42?,43?,44-,45+/m1/s1. The van der Waals surface area contributed by atoms with E-state index in [1.165, 1.54) is 25.7 Å². The highest BCUT2D eigenvalue weighted by atomic mass is 31.2. The average Bonchev–Trinajstić information content (AvgIpc) is 3.24. The van der Waals surface area contributed by atoms with Crippen LogP contribution in [0.3, 0.4) is 0 Å². The van der Waals surface area contributed by atoms with Crippen LogP contribution in [0.25, 0.3) is 0 Å². The van der Waals surface area contributed by atoms with Gasteiger partial charge in [0, 0.05) is 12.8 Å². The lowest BCUT2D eigenvalue weighted by Crippen LogP contribution is -2.64. The van der Waals surface area contributed by atoms with E-state index in [-0.39, 0.29) is 25.7 Å². The highest BCUT2D eigenvalue weighted by molar-refractivity contribution is 7.47. The van der Waals surface area contributed by atoms with Crippen molar-refractivity contribution in [2.75, 3.05) is 13.2 Å². The summed E-state index contributed by atoms with van der Waals surface area (Å²) in [5.41, 5.74) is 0. The molecule has 0 amide bonds. The van der Waals surface area contributed by atoms with Gasteiger partial charge >= 0.3 is 27.6 Å². The Bertz CT molecular complexity index is 1540. The predicted molar refractivity (Wildman–Crippen MR) is 242 cm³/mol. The number of ether oxygens (including phenoxy) is 2. The monoisotopic (exact) mass is 950 g/mol. The lowest BCUT2D eigenvalue weighted by atomic mass is 9.85. The van der Waals surface area contributed by atoms with E-state index >= 15 is 0 Å². The Balaban J connectivity index is 2.73. The summed E-state index contributed by atoms with van der Waals surface area (Å²) in [6.07, 6.45) is 23.2. The highest BCUT2D eigenvalue weighted by Crippen LogP contribution is 2.49. The first-order valence-corrected chi connectivity index (χ1v) is 25.6. The van der Waals surface area contributed by atoms with Gasteiger partial charge in [0.05, 0.1) is 12.7 Å². The van der Waals surface area contributed by atoms with Crippen LogP contribution in [-0.2, 0) is 41.8 Å². The third-order valence-electron chi connectivity index (χ3n) is 9.87. The van der Waals surface area contributed by atoms with Crippen molar-refractivity contribution >= 4 is 27.6 Å². The Morgan fingerprint density at radius 3 is 1.75 bits per heavy atom. The number of esters is 2. The number of carbonyl (C=O) groups excluding carboxylic acids is 2. The molecule has 0 aliphatic heterocycles. The Hall–Kier alpha value is -2.60. The molecule has 0 heterocycles. The lowest BCUT2D eigenvalue weighted by Gasteiger charge is -2.43. The second kappa shape index (κ2) is 35.6. The fraction of sp³-hybridized carbons (Fsp3) is 0.689. The van der Waals surface area contributed by atoms with E-state index in [1.807, 2.05) is 12.2 Å². The maximum atomic E-state index is 13.0. The third kappa shape index (κ3) is 29.8. The second-order valence-electron chi connectivity index (χ2n) is 15.6. The van der Waals surface area contributed by atoms with Crippen LogP contribution in [0.15, 0.2) is 72.9 Å². The number of aliphatic hydroxyl groups excluding tert-OH is 5. The smallest absolute Gasteiger partial charge is 0.462 e. The van der Waals surface area contributed by atoms with Gasteiger partial charge in [0.25, 0.3) is 0 Å². The SMILES string of the molecule is CC/C=C\C/C=C\C/C=C\C/C=C\C=C\C(O)CCCC(=O)O[C@H](COC(=O)CCCCCCC/C=C\CCCCCC)COP(=O)(O)O[C@H]1C(O)C(O)C(O)[C@@H](OP(=O)(O)O)C1O. The molecule has 1 fully saturated rings. The van der Waals surface area contributed by atoms with Gasteiger partial charge in [0.15, 0.2) is 6.10 Å². The summed E-state index contributed by atoms with van der Waals surface area (Å²) >= 11 is 0. The van der Waals surface area contributed by atoms with Crippen LogP contribution in [0.2, 0.25) is 0 Å². The topological polar surface area (TPSA) is 276 Å². The Morgan fingerprint density at radius 2 is 1.14 bits per heavy atom. The molecule has 1 aliphatic carbocycles. The van der Waals surface area contributed by atoms with Crippen LogP contribution in [-0.4, -0.2) is 114 Å². The van der Waals surface area contributed by atoms with Crippen molar-refractivity contribution in [2.45, 2.75) is 185 Å². The summed E-state index contributed by atoms with van der Waals surface area (Å²) in [5, 5.41) is 51.5. The van der Waals surface area contributed by atoms with Crippen LogP contribution < -0.4 is 0 Å². The fourth-order valence-electron chi connectivity index (χ4n) is 6.34. The van der Waals surface area contributed by atoms with Crippen molar-refractivity contribution in [1.82, 2.24) is 0 Å². The molecule has 19 heteroatoms. The maximum absolute atomic E-state index is 13.0. The molecule has 0 aromatic carbocycles. The second-order valence-corrected chi connectivity index (χ2v) is 18.2. The van der Waals surface area contributed by atoms with E-state index in [0.29, 0.717) is 6.42 Å². The molecule has 6 unspecified atom stereocenters. The number of hydrogen-bond acceptors (Lipinski definition) is 14. The van der Waals surface area contributed by atoms with Gasteiger partial charge < -0.3 is 49.7 Å². The summed E-state index contributed by atoms with van der Waals surface area (Å²) in [6.45, 7) is 2.78. The quantitative estimate of drug-likeness (QED) is 0.0103. The van der Waals surface area contributed by atoms with Gasteiger partial charge in [0.1, 0.15) is 43.2 Å². The molecule has 1 aliphatic rings. The summed E-state index contributed by atoms with van der Waals surface area (Å²) in [4.78, 5) is 54.2. The molecule has 1 rings (SSSR count). The van der Waals surface area contributed by atoms with Crippen molar-refractivity contribution in [3.05, 3.63) is 72.9 Å². The molecule has 1 saturated carbocycles. The minimum Gasteiger partial charge on any atom is -0.462 e. The molecule has 0 bridgehead atoms. The van der Waals surface area contributed by atoms with Gasteiger partial charge in [-0.25, -0.2) is 9.13 Å². The number of aliphatic hydroxyl groups is 5. The van der Waals surface area contributed by atoms with Crippen LogP contribution >= 0.6 is 15.6 Å². The summed E-state index contributed by atoms with van der Waals surface area (Å²) in [5.74, 6) is -1.43. The van der Waals surface area contributed by atoms with Crippen molar-refractivity contribution in [3.8, 4) is 0 Å². The number of allylic oxidation sites excluding steroid dienone is 11. The van der Waals surface area contributed by atoms with Gasteiger partial charge in [-0.05, 0) is 70.6 Å². The van der Waals surface area contributed by atoms with Gasteiger partial charge in [0.2, 0.25) is 0 Å². The maximum Gasteiger partial charge on any atom is 0.472 e. The number of carbonyl (C=O) groups is 2. The molecule has 0 aromatic rings. The number of rotatable bonds is 36. The normalized spacial score (nSPS) is 23.0. The first-order valence-electron chi connectivity index (χ1n) is 22.6. The summed E-state index contributed by atoms with van der Waals surface area (Å²) in [6, 6.07) is 0. The highest BCUT2D eigenvalue weighted by Gasteiger charge is 2.54. The van der Waals surface area contributed by atoms with Crippen molar-refractivity contribution in [1.29, 1.82) is 0 Å². The number of unbranched alkanes of at least 4 members (excludes halogenated alkanes) is 9. The number of phosphoric ester groups is 2. The van der Waals surface area contributed by atoms with Crippen LogP contribution in [0.4, 0.5) is 0 Å². The van der Waals surface area contributed by atoms with E-state index in [9.17, 15) is 49.1 Å². The number of hydrogen-bond donors (Lipinski definition) is 8. The molecule has 64 heavy (non-hydrogen) atoms. The van der Waals surface area contributed by atoms with E-state index in [0.717, 1.165) is 64.2 Å². The summed E-state index contributed by atoms with van der Waals surface area (Å²) in [7, 11) is -10.8. The molecule has 0 saturated heterocycles. The predicted octanol–water partition coefficient (Wildman–Crippen LogP) is 7.03. The zero-order valence-corrected chi connectivity index (χ0v) is 39.3. The van der Waals surface area contributed by atoms with E-state index in [2.05, 4.69) is 60.9 Å². The minimum absolute atomic E-state index is 0.0661. The van der Waals surface area contributed by atoms with Crippen LogP contribution in [0, 0.1) is 0 Å². The van der Waals surface area contributed by atoms with Crippen LogP contribution in [0.5, 0.6) is 0 Å². The van der Waals surface area contributed by atoms with Gasteiger partial charge in [-0.15, -0.1) is 0 Å². The Kier molecular flexibility index (Phi) is 33.0. The number of phosphoric acid groups is 2. The van der Waals surface area contributed by atoms with Crippen LogP contribution in [0.1, 0.15) is 136 Å². The first-order chi connectivity index (χ1) is 30.5.